The van der Waals surface area contributed by atoms with Crippen molar-refractivity contribution >= 4 is 46.8 Å². The lowest BCUT2D eigenvalue weighted by molar-refractivity contribution is -0.145. The van der Waals surface area contributed by atoms with Crippen molar-refractivity contribution in [1.82, 2.24) is 5.32 Å². The number of ether oxygens (including phenoxy) is 1. The Morgan fingerprint density at radius 1 is 1.04 bits per heavy atom. The van der Waals surface area contributed by atoms with Gasteiger partial charge in [0.25, 0.3) is 0 Å². The summed E-state index contributed by atoms with van der Waals surface area (Å²) >= 11 is 17.6. The highest BCUT2D eigenvalue weighted by Gasteiger charge is 2.18. The zero-order valence-corrected chi connectivity index (χ0v) is 15.2. The average Bonchev–Trinajstić information content (AvgIpc) is 2.55. The van der Waals surface area contributed by atoms with Crippen LogP contribution in [0.2, 0.25) is 15.1 Å². The van der Waals surface area contributed by atoms with Crippen LogP contribution in [0.3, 0.4) is 0 Å². The summed E-state index contributed by atoms with van der Waals surface area (Å²) in [5.74, 6) is -0.500. The Balaban J connectivity index is 1.99. The average molecular weight is 402 g/mol. The predicted octanol–water partition coefficient (Wildman–Crippen LogP) is 4.49. The van der Waals surface area contributed by atoms with E-state index >= 15 is 0 Å². The van der Waals surface area contributed by atoms with Crippen molar-refractivity contribution in [2.75, 3.05) is 0 Å². The lowest BCUT2D eigenvalue weighted by Crippen LogP contribution is -2.34. The van der Waals surface area contributed by atoms with Crippen molar-refractivity contribution in [3.63, 3.8) is 0 Å². The number of nitrogens with one attached hydrogen (secondary N) is 1. The molecule has 0 aliphatic carbocycles. The van der Waals surface area contributed by atoms with E-state index in [-0.39, 0.29) is 13.0 Å². The van der Waals surface area contributed by atoms with E-state index in [0.29, 0.717) is 26.2 Å². The summed E-state index contributed by atoms with van der Waals surface area (Å²) in [5, 5.41) is 3.86. The van der Waals surface area contributed by atoms with Crippen LogP contribution in [-0.4, -0.2) is 12.0 Å². The van der Waals surface area contributed by atoms with Crippen molar-refractivity contribution in [2.24, 2.45) is 5.73 Å². The largest absolute Gasteiger partial charge is 0.461 e. The van der Waals surface area contributed by atoms with Crippen LogP contribution in [0.4, 0.5) is 4.79 Å². The van der Waals surface area contributed by atoms with Crippen molar-refractivity contribution < 1.29 is 14.3 Å². The Bertz CT molecular complexity index is 766. The highest BCUT2D eigenvalue weighted by molar-refractivity contribution is 6.42. The smallest absolute Gasteiger partial charge is 0.312 e. The van der Waals surface area contributed by atoms with Crippen LogP contribution >= 0.6 is 34.8 Å². The van der Waals surface area contributed by atoms with Gasteiger partial charge in [-0.2, -0.15) is 0 Å². The summed E-state index contributed by atoms with van der Waals surface area (Å²) in [6.45, 7) is 0.0413. The summed E-state index contributed by atoms with van der Waals surface area (Å²) in [7, 11) is 0. The van der Waals surface area contributed by atoms with E-state index in [9.17, 15) is 9.59 Å². The molecule has 2 aromatic rings. The maximum Gasteiger partial charge on any atom is 0.312 e. The molecule has 2 aromatic carbocycles. The second-order valence-corrected chi connectivity index (χ2v) is 6.48. The molecule has 3 N–H and O–H groups in total. The zero-order valence-electron chi connectivity index (χ0n) is 13.0. The van der Waals surface area contributed by atoms with Gasteiger partial charge in [-0.15, -0.1) is 0 Å². The van der Waals surface area contributed by atoms with Crippen molar-refractivity contribution in [3.05, 3.63) is 68.7 Å². The zero-order chi connectivity index (χ0) is 18.4. The number of rotatable bonds is 6. The van der Waals surface area contributed by atoms with Crippen molar-refractivity contribution in [3.8, 4) is 0 Å². The number of nitrogens with two attached hydrogens (primary N) is 1. The summed E-state index contributed by atoms with van der Waals surface area (Å²) < 4.78 is 5.22. The van der Waals surface area contributed by atoms with Gasteiger partial charge in [0.15, 0.2) is 0 Å². The van der Waals surface area contributed by atoms with Crippen LogP contribution in [0, 0.1) is 0 Å². The molecule has 0 fully saturated rings. The normalized spacial score (nSPS) is 11.6. The fraction of sp³-hybridized carbons (Fsp3) is 0.176. The van der Waals surface area contributed by atoms with Crippen LogP contribution < -0.4 is 11.1 Å². The number of esters is 1. The third-order valence-electron chi connectivity index (χ3n) is 3.34. The highest BCUT2D eigenvalue weighted by Crippen LogP contribution is 2.24. The second-order valence-electron chi connectivity index (χ2n) is 5.23. The van der Waals surface area contributed by atoms with Crippen LogP contribution in [0.15, 0.2) is 42.5 Å². The van der Waals surface area contributed by atoms with Crippen LogP contribution in [0.25, 0.3) is 0 Å². The van der Waals surface area contributed by atoms with Gasteiger partial charge in [0.1, 0.15) is 6.61 Å². The Morgan fingerprint density at radius 2 is 1.72 bits per heavy atom. The van der Waals surface area contributed by atoms with E-state index in [1.54, 1.807) is 42.5 Å². The van der Waals surface area contributed by atoms with E-state index in [2.05, 4.69) is 5.32 Å². The number of amides is 2. The number of urea groups is 1. The number of hydrogen-bond donors (Lipinski definition) is 2. The minimum atomic E-state index is -0.739. The first-order chi connectivity index (χ1) is 11.8. The van der Waals surface area contributed by atoms with E-state index in [0.717, 1.165) is 0 Å². The maximum absolute atomic E-state index is 12.1. The van der Waals surface area contributed by atoms with Gasteiger partial charge in [-0.05, 0) is 35.4 Å². The molecule has 132 valence electrons. The molecule has 2 amide bonds. The molecular weight excluding hydrogens is 387 g/mol. The quantitative estimate of drug-likeness (QED) is 0.700. The molecule has 0 aliphatic heterocycles. The molecule has 0 aromatic heterocycles. The molecule has 0 spiro atoms. The van der Waals surface area contributed by atoms with Gasteiger partial charge in [0, 0.05) is 5.02 Å². The number of primary amides is 1. The number of carbonyl (C=O) groups excluding carboxylic acids is 2. The molecule has 5 nitrogen and oxygen atoms in total. The molecule has 25 heavy (non-hydrogen) atoms. The first-order valence-corrected chi connectivity index (χ1v) is 8.39. The summed E-state index contributed by atoms with van der Waals surface area (Å²) in [6.07, 6.45) is -0.0775. The first-order valence-electron chi connectivity index (χ1n) is 7.26. The molecule has 0 heterocycles. The monoisotopic (exact) mass is 400 g/mol. The summed E-state index contributed by atoms with van der Waals surface area (Å²) in [4.78, 5) is 23.3. The summed E-state index contributed by atoms with van der Waals surface area (Å²) in [6, 6.07) is 10.3. The van der Waals surface area contributed by atoms with Gasteiger partial charge in [-0.3, -0.25) is 4.79 Å². The van der Waals surface area contributed by atoms with Crippen molar-refractivity contribution in [2.45, 2.75) is 19.1 Å². The molecule has 2 rings (SSSR count). The molecule has 1 atom stereocenters. The molecule has 0 saturated heterocycles. The minimum Gasteiger partial charge on any atom is -0.461 e. The Kier molecular flexibility index (Phi) is 6.93. The first kappa shape index (κ1) is 19.4. The van der Waals surface area contributed by atoms with Crippen LogP contribution in [0.5, 0.6) is 0 Å². The molecule has 0 unspecified atom stereocenters. The maximum atomic E-state index is 12.1. The number of hydrogen-bond acceptors (Lipinski definition) is 3. The van der Waals surface area contributed by atoms with Gasteiger partial charge >= 0.3 is 12.0 Å². The van der Waals surface area contributed by atoms with Crippen LogP contribution in [-0.2, 0) is 16.1 Å². The molecule has 0 radical (unpaired) electrons. The molecule has 0 bridgehead atoms. The molecular formula is C17H15Cl3N2O3. The lowest BCUT2D eigenvalue weighted by atomic mass is 10.0. The third kappa shape index (κ3) is 6.12. The van der Waals surface area contributed by atoms with Gasteiger partial charge in [-0.1, -0.05) is 53.0 Å². The highest BCUT2D eigenvalue weighted by atomic mass is 35.5. The van der Waals surface area contributed by atoms with Crippen LogP contribution in [0.1, 0.15) is 23.6 Å². The number of halogens is 3. The van der Waals surface area contributed by atoms with E-state index in [1.165, 1.54) is 0 Å². The van der Waals surface area contributed by atoms with Gasteiger partial charge in [0.2, 0.25) is 0 Å². The second kappa shape index (κ2) is 8.94. The van der Waals surface area contributed by atoms with E-state index in [1.807, 2.05) is 0 Å². The standard InChI is InChI=1S/C17H15Cl3N2O3/c18-12-4-2-11(3-5-12)15(22-17(21)24)8-16(23)25-9-10-1-6-13(19)14(20)7-10/h1-7,15H,8-9H2,(H3,21,22,24)/t15-/m0/s1. The fourth-order valence-corrected chi connectivity index (χ4v) is 2.58. The summed E-state index contributed by atoms with van der Waals surface area (Å²) in [5.41, 5.74) is 6.57. The minimum absolute atomic E-state index is 0.0413. The lowest BCUT2D eigenvalue weighted by Gasteiger charge is -2.17. The van der Waals surface area contributed by atoms with Gasteiger partial charge in [0.05, 0.1) is 22.5 Å². The molecule has 0 aliphatic rings. The number of carbonyl (C=O) groups is 2. The topological polar surface area (TPSA) is 81.4 Å². The van der Waals surface area contributed by atoms with E-state index < -0.39 is 18.0 Å². The Labute approximate surface area is 160 Å². The van der Waals surface area contributed by atoms with Crippen molar-refractivity contribution in [1.29, 1.82) is 0 Å². The SMILES string of the molecule is NC(=O)N[C@@H](CC(=O)OCc1ccc(Cl)c(Cl)c1)c1ccc(Cl)cc1. The predicted molar refractivity (Wildman–Crippen MR) is 97.8 cm³/mol. The molecule has 8 heteroatoms. The number of benzene rings is 2. The van der Waals surface area contributed by atoms with E-state index in [4.69, 9.17) is 45.3 Å². The Morgan fingerprint density at radius 3 is 2.32 bits per heavy atom. The molecule has 0 saturated carbocycles. The third-order valence-corrected chi connectivity index (χ3v) is 4.33. The Hall–Kier alpha value is -1.95. The van der Waals surface area contributed by atoms with Gasteiger partial charge < -0.3 is 15.8 Å². The fourth-order valence-electron chi connectivity index (χ4n) is 2.14. The van der Waals surface area contributed by atoms with Gasteiger partial charge in [-0.25, -0.2) is 4.79 Å².